The van der Waals surface area contributed by atoms with Gasteiger partial charge < -0.3 is 9.30 Å². The highest BCUT2D eigenvalue weighted by molar-refractivity contribution is 5.01. The molecule has 0 aromatic carbocycles. The van der Waals surface area contributed by atoms with Crippen LogP contribution in [0.25, 0.3) is 0 Å². The second kappa shape index (κ2) is 7.18. The number of nitrogens with one attached hydrogen (secondary N) is 1. The van der Waals surface area contributed by atoms with Gasteiger partial charge in [-0.25, -0.2) is 4.98 Å². The molecule has 3 heterocycles. The van der Waals surface area contributed by atoms with E-state index < -0.39 is 0 Å². The Bertz CT molecular complexity index is 636. The molecule has 1 aliphatic rings. The van der Waals surface area contributed by atoms with Crippen LogP contribution in [0.15, 0.2) is 0 Å². The molecule has 0 spiro atoms. The molecule has 126 valence electrons. The van der Waals surface area contributed by atoms with E-state index in [1.807, 2.05) is 6.92 Å². The molecule has 0 aliphatic carbocycles. The van der Waals surface area contributed by atoms with Gasteiger partial charge in [0, 0.05) is 13.7 Å². The second-order valence-electron chi connectivity index (χ2n) is 5.96. The number of H-pyrrole nitrogens is 1. The van der Waals surface area contributed by atoms with Crippen molar-refractivity contribution in [3.8, 4) is 0 Å². The number of aryl methyl sites for hydroxylation is 1. The van der Waals surface area contributed by atoms with Crippen LogP contribution in [0.1, 0.15) is 55.5 Å². The molecule has 8 heteroatoms. The Morgan fingerprint density at radius 2 is 2.17 bits per heavy atom. The summed E-state index contributed by atoms with van der Waals surface area (Å²) >= 11 is 0. The fraction of sp³-hybridized carbons (Fsp3) is 0.733. The number of piperidine rings is 1. The van der Waals surface area contributed by atoms with Crippen molar-refractivity contribution in [2.75, 3.05) is 13.7 Å². The van der Waals surface area contributed by atoms with Crippen LogP contribution < -0.4 is 0 Å². The SMILES string of the molecule is CCn1c(C)nnc1CN1CCCC[C@@H]1c1n[nH]c(COC)n1. The lowest BCUT2D eigenvalue weighted by Gasteiger charge is -2.33. The quantitative estimate of drug-likeness (QED) is 0.870. The van der Waals surface area contributed by atoms with Crippen molar-refractivity contribution < 1.29 is 4.74 Å². The monoisotopic (exact) mass is 319 g/mol. The van der Waals surface area contributed by atoms with Crippen molar-refractivity contribution in [2.24, 2.45) is 0 Å². The van der Waals surface area contributed by atoms with Crippen LogP contribution in [0.4, 0.5) is 0 Å². The third-order valence-corrected chi connectivity index (χ3v) is 4.41. The van der Waals surface area contributed by atoms with E-state index in [4.69, 9.17) is 4.74 Å². The molecule has 0 radical (unpaired) electrons. The number of likely N-dealkylation sites (tertiary alicyclic amines) is 1. The molecule has 0 amide bonds. The first-order valence-electron chi connectivity index (χ1n) is 8.25. The van der Waals surface area contributed by atoms with Crippen LogP contribution >= 0.6 is 0 Å². The summed E-state index contributed by atoms with van der Waals surface area (Å²) in [7, 11) is 1.66. The first-order valence-corrected chi connectivity index (χ1v) is 8.25. The Labute approximate surface area is 136 Å². The smallest absolute Gasteiger partial charge is 0.167 e. The van der Waals surface area contributed by atoms with Gasteiger partial charge in [0.05, 0.1) is 12.6 Å². The lowest BCUT2D eigenvalue weighted by molar-refractivity contribution is 0.128. The molecule has 0 bridgehead atoms. The molecule has 1 fully saturated rings. The van der Waals surface area contributed by atoms with Gasteiger partial charge in [0.2, 0.25) is 0 Å². The summed E-state index contributed by atoms with van der Waals surface area (Å²) in [5, 5.41) is 15.9. The summed E-state index contributed by atoms with van der Waals surface area (Å²) in [4.78, 5) is 7.00. The maximum absolute atomic E-state index is 5.12. The number of aromatic amines is 1. The van der Waals surface area contributed by atoms with E-state index >= 15 is 0 Å². The lowest BCUT2D eigenvalue weighted by atomic mass is 10.0. The predicted octanol–water partition coefficient (Wildman–Crippen LogP) is 1.60. The molecule has 2 aromatic rings. The number of aromatic nitrogens is 6. The first-order chi connectivity index (χ1) is 11.2. The minimum atomic E-state index is 0.230. The zero-order chi connectivity index (χ0) is 16.2. The van der Waals surface area contributed by atoms with Gasteiger partial charge in [-0.05, 0) is 33.2 Å². The molecule has 1 atom stereocenters. The van der Waals surface area contributed by atoms with E-state index in [-0.39, 0.29) is 6.04 Å². The highest BCUT2D eigenvalue weighted by Gasteiger charge is 2.28. The average Bonchev–Trinajstić information content (AvgIpc) is 3.15. The number of methoxy groups -OCH3 is 1. The number of ether oxygens (including phenoxy) is 1. The molecule has 1 N–H and O–H groups in total. The zero-order valence-corrected chi connectivity index (χ0v) is 14.1. The van der Waals surface area contributed by atoms with Gasteiger partial charge in [-0.15, -0.1) is 10.2 Å². The molecular formula is C15H25N7O. The Kier molecular flexibility index (Phi) is 5.02. The summed E-state index contributed by atoms with van der Waals surface area (Å²) in [6.45, 7) is 7.30. The van der Waals surface area contributed by atoms with Crippen molar-refractivity contribution in [1.29, 1.82) is 0 Å². The Hall–Kier alpha value is -1.80. The highest BCUT2D eigenvalue weighted by atomic mass is 16.5. The van der Waals surface area contributed by atoms with Crippen molar-refractivity contribution in [3.63, 3.8) is 0 Å². The molecule has 23 heavy (non-hydrogen) atoms. The van der Waals surface area contributed by atoms with Gasteiger partial charge in [-0.2, -0.15) is 5.10 Å². The number of hydrogen-bond acceptors (Lipinski definition) is 6. The van der Waals surface area contributed by atoms with E-state index in [2.05, 4.69) is 41.8 Å². The molecular weight excluding hydrogens is 294 g/mol. The Morgan fingerprint density at radius 1 is 1.30 bits per heavy atom. The van der Waals surface area contributed by atoms with E-state index in [1.54, 1.807) is 7.11 Å². The lowest BCUT2D eigenvalue weighted by Crippen LogP contribution is -2.34. The summed E-state index contributed by atoms with van der Waals surface area (Å²) in [5.74, 6) is 3.62. The zero-order valence-electron chi connectivity index (χ0n) is 14.1. The average molecular weight is 319 g/mol. The maximum atomic E-state index is 5.12. The summed E-state index contributed by atoms with van der Waals surface area (Å²) in [6, 6.07) is 0.230. The van der Waals surface area contributed by atoms with Crippen LogP contribution in [0, 0.1) is 6.92 Å². The summed E-state index contributed by atoms with van der Waals surface area (Å²) in [6.07, 6.45) is 3.48. The van der Waals surface area contributed by atoms with E-state index in [1.165, 1.54) is 12.8 Å². The normalized spacial score (nSPS) is 19.3. The molecule has 1 aliphatic heterocycles. The van der Waals surface area contributed by atoms with Crippen molar-refractivity contribution in [3.05, 3.63) is 23.3 Å². The van der Waals surface area contributed by atoms with Crippen LogP contribution in [0.2, 0.25) is 0 Å². The van der Waals surface area contributed by atoms with Crippen molar-refractivity contribution in [1.82, 2.24) is 34.8 Å². The fourth-order valence-electron chi connectivity index (χ4n) is 3.27. The van der Waals surface area contributed by atoms with Gasteiger partial charge >= 0.3 is 0 Å². The largest absolute Gasteiger partial charge is 0.377 e. The van der Waals surface area contributed by atoms with Crippen LogP contribution in [-0.2, 0) is 24.4 Å². The highest BCUT2D eigenvalue weighted by Crippen LogP contribution is 2.30. The fourth-order valence-corrected chi connectivity index (χ4v) is 3.27. The number of nitrogens with zero attached hydrogens (tertiary/aromatic N) is 6. The second-order valence-corrected chi connectivity index (χ2v) is 5.96. The Morgan fingerprint density at radius 3 is 2.96 bits per heavy atom. The summed E-state index contributed by atoms with van der Waals surface area (Å²) < 4.78 is 7.28. The van der Waals surface area contributed by atoms with Gasteiger partial charge in [-0.1, -0.05) is 6.42 Å². The van der Waals surface area contributed by atoms with Crippen molar-refractivity contribution >= 4 is 0 Å². The number of rotatable bonds is 6. The number of hydrogen-bond donors (Lipinski definition) is 1. The van der Waals surface area contributed by atoms with Gasteiger partial charge in [-0.3, -0.25) is 10.00 Å². The molecule has 1 saturated heterocycles. The van der Waals surface area contributed by atoms with Gasteiger partial charge in [0.25, 0.3) is 0 Å². The molecule has 2 aromatic heterocycles. The minimum absolute atomic E-state index is 0.230. The van der Waals surface area contributed by atoms with Crippen molar-refractivity contribution in [2.45, 2.75) is 58.8 Å². The summed E-state index contributed by atoms with van der Waals surface area (Å²) in [5.41, 5.74) is 0. The van der Waals surface area contributed by atoms with E-state index in [0.717, 1.165) is 49.4 Å². The van der Waals surface area contributed by atoms with E-state index in [0.29, 0.717) is 6.61 Å². The van der Waals surface area contributed by atoms with Gasteiger partial charge in [0.1, 0.15) is 18.3 Å². The van der Waals surface area contributed by atoms with Gasteiger partial charge in [0.15, 0.2) is 11.6 Å². The molecule has 3 rings (SSSR count). The Balaban J connectivity index is 1.77. The van der Waals surface area contributed by atoms with E-state index in [9.17, 15) is 0 Å². The minimum Gasteiger partial charge on any atom is -0.377 e. The maximum Gasteiger partial charge on any atom is 0.167 e. The molecule has 0 unspecified atom stereocenters. The molecule has 8 nitrogen and oxygen atoms in total. The third-order valence-electron chi connectivity index (χ3n) is 4.41. The topological polar surface area (TPSA) is 84.8 Å². The van der Waals surface area contributed by atoms with Crippen LogP contribution in [0.5, 0.6) is 0 Å². The van der Waals surface area contributed by atoms with Crippen LogP contribution in [0.3, 0.4) is 0 Å². The van der Waals surface area contributed by atoms with Crippen LogP contribution in [-0.4, -0.2) is 48.5 Å². The predicted molar refractivity (Wildman–Crippen MR) is 84.5 cm³/mol. The first kappa shape index (κ1) is 16.1. The third kappa shape index (κ3) is 3.42. The standard InChI is InChI=1S/C15H25N7O/c1-4-22-11(2)17-19-14(22)9-21-8-6-5-7-12(21)15-16-13(10-23-3)18-20-15/h12H,4-10H2,1-3H3,(H,16,18,20)/t12-/m1/s1. The molecule has 0 saturated carbocycles.